The Morgan fingerprint density at radius 2 is 1.44 bits per heavy atom. The summed E-state index contributed by atoms with van der Waals surface area (Å²) in [5.74, 6) is -1.47. The molecular weight excluding hydrogens is 680 g/mol. The zero-order valence-corrected chi connectivity index (χ0v) is 29.0. The van der Waals surface area contributed by atoms with Gasteiger partial charge in [-0.15, -0.1) is 0 Å². The lowest BCUT2D eigenvalue weighted by Crippen LogP contribution is -2.32. The van der Waals surface area contributed by atoms with Crippen LogP contribution in [0.4, 0.5) is 8.78 Å². The molecule has 11 heteroatoms. The number of fused-ring (bicyclic) bond motifs is 1. The fraction of sp³-hybridized carbons (Fsp3) is 0.256. The second kappa shape index (κ2) is 15.7. The van der Waals surface area contributed by atoms with Gasteiger partial charge in [0.15, 0.2) is 0 Å². The predicted octanol–water partition coefficient (Wildman–Crippen LogP) is 7.71. The molecule has 1 fully saturated rings. The summed E-state index contributed by atoms with van der Waals surface area (Å²) in [5.41, 5.74) is 7.10. The number of aromatic nitrogens is 1. The molecule has 260 valence electrons. The molecule has 0 bridgehead atoms. The second-order valence-corrected chi connectivity index (χ2v) is 14.7. The van der Waals surface area contributed by atoms with E-state index in [0.29, 0.717) is 18.0 Å². The molecule has 0 saturated carbocycles. The van der Waals surface area contributed by atoms with E-state index in [1.807, 2.05) is 22.9 Å². The summed E-state index contributed by atoms with van der Waals surface area (Å²) in [7, 11) is -3.68. The SMILES string of the molecule is O=C(O)CCn1cc(CCN2CCC(=C(c3ccc(F)cc3)c3ccc(F)cc3)CC2)c2cc(CCNS(=O)(=O)c3ccc(Cl)cc3)ccc21. The van der Waals surface area contributed by atoms with Gasteiger partial charge < -0.3 is 14.6 Å². The zero-order valence-electron chi connectivity index (χ0n) is 27.4. The van der Waals surface area contributed by atoms with Gasteiger partial charge >= 0.3 is 5.97 Å². The lowest BCUT2D eigenvalue weighted by molar-refractivity contribution is -0.137. The van der Waals surface area contributed by atoms with Crippen molar-refractivity contribution < 1.29 is 27.1 Å². The number of hydrogen-bond acceptors (Lipinski definition) is 4. The van der Waals surface area contributed by atoms with E-state index in [1.165, 1.54) is 42.0 Å². The monoisotopic (exact) mass is 717 g/mol. The molecule has 2 heterocycles. The van der Waals surface area contributed by atoms with E-state index in [1.54, 1.807) is 36.4 Å². The molecule has 1 aliphatic heterocycles. The Bertz CT molecular complexity index is 2060. The third-order valence-electron chi connectivity index (χ3n) is 9.20. The van der Waals surface area contributed by atoms with Crippen LogP contribution in [-0.4, -0.2) is 55.1 Å². The Hall–Kier alpha value is -4.35. The Morgan fingerprint density at radius 1 is 0.820 bits per heavy atom. The van der Waals surface area contributed by atoms with Crippen molar-refractivity contribution in [2.75, 3.05) is 26.2 Å². The number of carboxylic acids is 1. The van der Waals surface area contributed by atoms with E-state index in [2.05, 4.69) is 15.7 Å². The highest BCUT2D eigenvalue weighted by atomic mass is 35.5. The fourth-order valence-electron chi connectivity index (χ4n) is 6.58. The van der Waals surface area contributed by atoms with Gasteiger partial charge in [0.2, 0.25) is 10.0 Å². The van der Waals surface area contributed by atoms with Crippen molar-refractivity contribution in [3.8, 4) is 0 Å². The van der Waals surface area contributed by atoms with Gasteiger partial charge in [-0.3, -0.25) is 4.79 Å². The van der Waals surface area contributed by atoms with E-state index in [0.717, 1.165) is 77.6 Å². The van der Waals surface area contributed by atoms with Gasteiger partial charge in [0, 0.05) is 54.8 Å². The standard InChI is InChI=1S/C39H38ClF2N3O4S/c40-32-6-12-35(13-7-32)50(48,49)43-20-15-27-1-14-37-36(25-27)31(26-45(37)24-19-38(46)47)18-23-44-21-16-30(17-22-44)39(28-2-8-33(41)9-3-28)29-4-10-34(42)11-5-29/h1-14,25-26,43H,15-24H2,(H,46,47). The van der Waals surface area contributed by atoms with E-state index < -0.39 is 16.0 Å². The number of likely N-dealkylation sites (tertiary alicyclic amines) is 1. The summed E-state index contributed by atoms with van der Waals surface area (Å²) in [6.07, 6.45) is 4.92. The first-order chi connectivity index (χ1) is 24.1. The highest BCUT2D eigenvalue weighted by Crippen LogP contribution is 2.33. The average Bonchev–Trinajstić information content (AvgIpc) is 3.45. The number of nitrogens with zero attached hydrogens (tertiary/aromatic N) is 2. The number of halogens is 3. The summed E-state index contributed by atoms with van der Waals surface area (Å²) in [6, 6.07) is 24.9. The largest absolute Gasteiger partial charge is 0.481 e. The van der Waals surface area contributed by atoms with Crippen LogP contribution in [0.5, 0.6) is 0 Å². The van der Waals surface area contributed by atoms with Crippen molar-refractivity contribution in [1.82, 2.24) is 14.2 Å². The Labute approximate surface area is 295 Å². The maximum absolute atomic E-state index is 13.8. The van der Waals surface area contributed by atoms with Crippen molar-refractivity contribution in [2.24, 2.45) is 0 Å². The van der Waals surface area contributed by atoms with Gasteiger partial charge in [0.1, 0.15) is 11.6 Å². The lowest BCUT2D eigenvalue weighted by Gasteiger charge is -2.30. The molecule has 5 aromatic rings. The van der Waals surface area contributed by atoms with Crippen LogP contribution in [-0.2, 0) is 34.2 Å². The Balaban J connectivity index is 1.16. The van der Waals surface area contributed by atoms with Gasteiger partial charge in [-0.25, -0.2) is 21.9 Å². The average molecular weight is 718 g/mol. The number of carboxylic acid groups (broad SMARTS) is 1. The number of rotatable bonds is 13. The summed E-state index contributed by atoms with van der Waals surface area (Å²) in [5, 5.41) is 10.8. The first-order valence-electron chi connectivity index (χ1n) is 16.6. The number of piperidine rings is 1. The van der Waals surface area contributed by atoms with E-state index >= 15 is 0 Å². The number of carbonyl (C=O) groups is 1. The van der Waals surface area contributed by atoms with Crippen molar-refractivity contribution >= 4 is 44.1 Å². The van der Waals surface area contributed by atoms with Crippen LogP contribution in [0.2, 0.25) is 5.02 Å². The van der Waals surface area contributed by atoms with Crippen LogP contribution in [0.1, 0.15) is 41.5 Å². The highest BCUT2D eigenvalue weighted by molar-refractivity contribution is 7.89. The molecule has 1 saturated heterocycles. The normalized spacial score (nSPS) is 13.9. The molecule has 4 aromatic carbocycles. The molecular formula is C39H38ClF2N3O4S. The van der Waals surface area contributed by atoms with Gasteiger partial charge in [-0.05, 0) is 114 Å². The number of nitrogens with one attached hydrogen (secondary N) is 1. The van der Waals surface area contributed by atoms with Crippen molar-refractivity contribution in [2.45, 2.75) is 43.5 Å². The maximum Gasteiger partial charge on any atom is 0.305 e. The molecule has 6 rings (SSSR count). The third kappa shape index (κ3) is 8.68. The maximum atomic E-state index is 13.8. The molecule has 7 nitrogen and oxygen atoms in total. The van der Waals surface area contributed by atoms with Crippen LogP contribution in [0.15, 0.2) is 108 Å². The molecule has 50 heavy (non-hydrogen) atoms. The number of aryl methyl sites for hydroxylation is 1. The first kappa shape index (κ1) is 35.5. The lowest BCUT2D eigenvalue weighted by atomic mass is 9.88. The van der Waals surface area contributed by atoms with Gasteiger partial charge in [0.05, 0.1) is 11.3 Å². The van der Waals surface area contributed by atoms with Crippen molar-refractivity contribution in [3.05, 3.63) is 142 Å². The molecule has 1 aromatic heterocycles. The van der Waals surface area contributed by atoms with Crippen molar-refractivity contribution in [1.29, 1.82) is 0 Å². The minimum absolute atomic E-state index is 0.00311. The van der Waals surface area contributed by atoms with Gasteiger partial charge in [0.25, 0.3) is 0 Å². The number of benzene rings is 4. The molecule has 0 atom stereocenters. The smallest absolute Gasteiger partial charge is 0.305 e. The first-order valence-corrected chi connectivity index (χ1v) is 18.5. The second-order valence-electron chi connectivity index (χ2n) is 12.5. The fourth-order valence-corrected chi connectivity index (χ4v) is 7.74. The van der Waals surface area contributed by atoms with E-state index in [4.69, 9.17) is 11.6 Å². The molecule has 0 radical (unpaired) electrons. The molecule has 0 unspecified atom stereocenters. The molecule has 1 aliphatic rings. The molecule has 2 N–H and O–H groups in total. The van der Waals surface area contributed by atoms with Crippen LogP contribution in [0.3, 0.4) is 0 Å². The quantitative estimate of drug-likeness (QED) is 0.130. The van der Waals surface area contributed by atoms with Gasteiger partial charge in [-0.2, -0.15) is 0 Å². The van der Waals surface area contributed by atoms with E-state index in [9.17, 15) is 27.1 Å². The summed E-state index contributed by atoms with van der Waals surface area (Å²) < 4.78 is 57.7. The van der Waals surface area contributed by atoms with Crippen LogP contribution in [0.25, 0.3) is 16.5 Å². The number of aliphatic carboxylic acids is 1. The number of sulfonamides is 1. The Kier molecular flexibility index (Phi) is 11.1. The summed E-state index contributed by atoms with van der Waals surface area (Å²) in [4.78, 5) is 13.9. The minimum atomic E-state index is -3.68. The number of hydrogen-bond donors (Lipinski definition) is 2. The molecule has 0 spiro atoms. The topological polar surface area (TPSA) is 91.6 Å². The molecule has 0 aliphatic carbocycles. The van der Waals surface area contributed by atoms with Crippen LogP contribution >= 0.6 is 11.6 Å². The summed E-state index contributed by atoms with van der Waals surface area (Å²) >= 11 is 5.91. The highest BCUT2D eigenvalue weighted by Gasteiger charge is 2.21. The van der Waals surface area contributed by atoms with Gasteiger partial charge in [-0.1, -0.05) is 47.5 Å². The minimum Gasteiger partial charge on any atom is -0.481 e. The van der Waals surface area contributed by atoms with Crippen molar-refractivity contribution in [3.63, 3.8) is 0 Å². The van der Waals surface area contributed by atoms with Crippen LogP contribution in [0, 0.1) is 11.6 Å². The third-order valence-corrected chi connectivity index (χ3v) is 10.9. The van der Waals surface area contributed by atoms with Crippen LogP contribution < -0.4 is 4.72 Å². The summed E-state index contributed by atoms with van der Waals surface area (Å²) in [6.45, 7) is 3.03. The zero-order chi connectivity index (χ0) is 35.3. The predicted molar refractivity (Wildman–Crippen MR) is 193 cm³/mol. The molecule has 0 amide bonds. The van der Waals surface area contributed by atoms with E-state index in [-0.39, 0.29) is 29.5 Å². The Morgan fingerprint density at radius 3 is 2.04 bits per heavy atom.